The molecule has 8 nitrogen and oxygen atoms in total. The summed E-state index contributed by atoms with van der Waals surface area (Å²) in [4.78, 5) is 30.3. The topological polar surface area (TPSA) is 94.8 Å². The molecule has 0 bridgehead atoms. The lowest BCUT2D eigenvalue weighted by molar-refractivity contribution is -0.118. The Labute approximate surface area is 235 Å². The highest BCUT2D eigenvalue weighted by atomic mass is 79.9. The number of aryl methyl sites for hydroxylation is 2. The highest BCUT2D eigenvalue weighted by Crippen LogP contribution is 2.33. The van der Waals surface area contributed by atoms with E-state index in [0.29, 0.717) is 52.3 Å². The number of ether oxygens (including phenoxy) is 2. The molecule has 0 aliphatic heterocycles. The molecule has 1 aromatic heterocycles. The predicted octanol–water partition coefficient (Wildman–Crippen LogP) is 5.67. The van der Waals surface area contributed by atoms with Crippen LogP contribution in [0, 0.1) is 6.92 Å². The Morgan fingerprint density at radius 1 is 1.18 bits per heavy atom. The molecule has 1 heterocycles. The average Bonchev–Trinajstić information content (AvgIpc) is 2.93. The molecule has 0 aliphatic carbocycles. The van der Waals surface area contributed by atoms with Gasteiger partial charge in [-0.25, -0.2) is 4.98 Å². The fourth-order valence-corrected chi connectivity index (χ4v) is 4.38. The number of aromatic nitrogens is 2. The van der Waals surface area contributed by atoms with Crippen molar-refractivity contribution >= 4 is 44.6 Å². The minimum atomic E-state index is -0.294. The van der Waals surface area contributed by atoms with Gasteiger partial charge in [0.2, 0.25) is 0 Å². The van der Waals surface area contributed by atoms with E-state index in [-0.39, 0.29) is 18.1 Å². The number of carbonyl (C=O) groups is 1. The second-order valence-electron chi connectivity index (χ2n) is 8.81. The molecule has 0 unspecified atom stereocenters. The molecule has 39 heavy (non-hydrogen) atoms. The molecule has 0 aliphatic rings. The highest BCUT2D eigenvalue weighted by Gasteiger charge is 2.15. The summed E-state index contributed by atoms with van der Waals surface area (Å²) in [5.74, 6) is 1.13. The number of anilines is 1. The van der Waals surface area contributed by atoms with E-state index >= 15 is 0 Å². The van der Waals surface area contributed by atoms with Crippen molar-refractivity contribution in [2.45, 2.75) is 26.7 Å². The van der Waals surface area contributed by atoms with Crippen LogP contribution in [0.3, 0.4) is 0 Å². The van der Waals surface area contributed by atoms with Gasteiger partial charge in [0.15, 0.2) is 18.1 Å². The molecule has 1 N–H and O–H groups in total. The van der Waals surface area contributed by atoms with Crippen molar-refractivity contribution in [3.63, 3.8) is 0 Å². The number of nitrogens with one attached hydrogen (secondary N) is 1. The van der Waals surface area contributed by atoms with E-state index in [1.165, 1.54) is 11.8 Å². The second kappa shape index (κ2) is 12.5. The first-order chi connectivity index (χ1) is 18.8. The lowest BCUT2D eigenvalue weighted by atomic mass is 10.1. The van der Waals surface area contributed by atoms with E-state index in [9.17, 15) is 9.59 Å². The predicted molar refractivity (Wildman–Crippen MR) is 158 cm³/mol. The van der Waals surface area contributed by atoms with Gasteiger partial charge in [-0.2, -0.15) is 9.78 Å². The van der Waals surface area contributed by atoms with E-state index in [0.717, 1.165) is 15.6 Å². The Kier molecular flexibility index (Phi) is 8.93. The summed E-state index contributed by atoms with van der Waals surface area (Å²) in [6.07, 6.45) is 4.31. The standard InChI is InChI=1S/C30H29BrN4O4/c1-5-7-21-14-20(17-32-35-27(6-2)34-25-13-10-22(31)16-24(25)30(35)37)15-26(38-4)29(21)39-18-28(36)33-23-11-8-19(3)9-12-23/h5,8-17H,1,6-7,18H2,2-4H3,(H,33,36). The summed E-state index contributed by atoms with van der Waals surface area (Å²) in [5, 5.41) is 7.77. The van der Waals surface area contributed by atoms with Crippen molar-refractivity contribution < 1.29 is 14.3 Å². The molecular formula is C30H29BrN4O4. The maximum Gasteiger partial charge on any atom is 0.282 e. The number of fused-ring (bicyclic) bond motifs is 1. The smallest absolute Gasteiger partial charge is 0.282 e. The largest absolute Gasteiger partial charge is 0.493 e. The molecule has 9 heteroatoms. The van der Waals surface area contributed by atoms with Gasteiger partial charge >= 0.3 is 0 Å². The molecule has 3 aromatic carbocycles. The minimum absolute atomic E-state index is 0.199. The van der Waals surface area contributed by atoms with E-state index in [2.05, 4.69) is 37.9 Å². The summed E-state index contributed by atoms with van der Waals surface area (Å²) < 4.78 is 13.6. The van der Waals surface area contributed by atoms with Crippen LogP contribution in [-0.2, 0) is 17.6 Å². The summed E-state index contributed by atoms with van der Waals surface area (Å²) in [6.45, 7) is 7.54. The van der Waals surface area contributed by atoms with E-state index in [4.69, 9.17) is 9.47 Å². The van der Waals surface area contributed by atoms with Gasteiger partial charge in [-0.1, -0.05) is 46.6 Å². The Morgan fingerprint density at radius 2 is 1.95 bits per heavy atom. The number of benzene rings is 3. The van der Waals surface area contributed by atoms with E-state index < -0.39 is 0 Å². The number of rotatable bonds is 10. The van der Waals surface area contributed by atoms with Gasteiger partial charge in [0.25, 0.3) is 11.5 Å². The van der Waals surface area contributed by atoms with Crippen molar-refractivity contribution in [2.75, 3.05) is 19.0 Å². The summed E-state index contributed by atoms with van der Waals surface area (Å²) in [6, 6.07) is 16.5. The molecule has 0 radical (unpaired) electrons. The summed E-state index contributed by atoms with van der Waals surface area (Å²) >= 11 is 3.42. The van der Waals surface area contributed by atoms with Crippen LogP contribution >= 0.6 is 15.9 Å². The number of nitrogens with zero attached hydrogens (tertiary/aromatic N) is 3. The van der Waals surface area contributed by atoms with Gasteiger partial charge in [-0.3, -0.25) is 9.59 Å². The van der Waals surface area contributed by atoms with Gasteiger partial charge in [0.1, 0.15) is 5.82 Å². The Bertz CT molecular complexity index is 1610. The number of allylic oxidation sites excluding steroid dienone is 1. The molecule has 0 atom stereocenters. The summed E-state index contributed by atoms with van der Waals surface area (Å²) in [5.41, 5.74) is 3.60. The minimum Gasteiger partial charge on any atom is -0.493 e. The second-order valence-corrected chi connectivity index (χ2v) is 9.73. The first-order valence-corrected chi connectivity index (χ1v) is 13.2. The van der Waals surface area contributed by atoms with Gasteiger partial charge in [0, 0.05) is 22.1 Å². The van der Waals surface area contributed by atoms with Gasteiger partial charge < -0.3 is 14.8 Å². The van der Waals surface area contributed by atoms with Crippen LogP contribution in [0.4, 0.5) is 5.69 Å². The zero-order chi connectivity index (χ0) is 27.9. The third-order valence-corrected chi connectivity index (χ3v) is 6.43. The number of amides is 1. The van der Waals surface area contributed by atoms with Crippen molar-refractivity contribution in [1.29, 1.82) is 0 Å². The Balaban J connectivity index is 1.62. The number of methoxy groups -OCH3 is 1. The van der Waals surface area contributed by atoms with Gasteiger partial charge in [-0.05, 0) is 61.4 Å². The van der Waals surface area contributed by atoms with Crippen molar-refractivity contribution in [3.8, 4) is 11.5 Å². The zero-order valence-corrected chi connectivity index (χ0v) is 23.6. The third-order valence-electron chi connectivity index (χ3n) is 5.94. The first-order valence-electron chi connectivity index (χ1n) is 12.4. The number of hydrogen-bond donors (Lipinski definition) is 1. The maximum atomic E-state index is 13.2. The lowest BCUT2D eigenvalue weighted by Crippen LogP contribution is -2.22. The normalized spacial score (nSPS) is 11.1. The fourth-order valence-electron chi connectivity index (χ4n) is 4.02. The molecule has 4 rings (SSSR count). The molecule has 0 saturated heterocycles. The highest BCUT2D eigenvalue weighted by molar-refractivity contribution is 9.10. The van der Waals surface area contributed by atoms with E-state index in [1.54, 1.807) is 30.5 Å². The van der Waals surface area contributed by atoms with Crippen molar-refractivity contribution in [1.82, 2.24) is 9.66 Å². The van der Waals surface area contributed by atoms with Crippen LogP contribution in [0.2, 0.25) is 0 Å². The SMILES string of the molecule is C=CCc1cc(C=Nn2c(CC)nc3ccc(Br)cc3c2=O)cc(OC)c1OCC(=O)Nc1ccc(C)cc1. The summed E-state index contributed by atoms with van der Waals surface area (Å²) in [7, 11) is 1.53. The monoisotopic (exact) mass is 588 g/mol. The van der Waals surface area contributed by atoms with E-state index in [1.807, 2.05) is 50.2 Å². The van der Waals surface area contributed by atoms with Crippen LogP contribution in [-0.4, -0.2) is 35.5 Å². The van der Waals surface area contributed by atoms with Crippen molar-refractivity contribution in [2.24, 2.45) is 5.10 Å². The molecular weight excluding hydrogens is 560 g/mol. The molecule has 4 aromatic rings. The third kappa shape index (κ3) is 6.61. The zero-order valence-electron chi connectivity index (χ0n) is 22.0. The Morgan fingerprint density at radius 3 is 2.64 bits per heavy atom. The fraction of sp³-hybridized carbons (Fsp3) is 0.200. The van der Waals surface area contributed by atoms with Crippen LogP contribution < -0.4 is 20.3 Å². The quantitative estimate of drug-likeness (QED) is 0.190. The molecule has 0 saturated carbocycles. The molecule has 200 valence electrons. The number of carbonyl (C=O) groups excluding carboxylic acids is 1. The van der Waals surface area contributed by atoms with Gasteiger partial charge in [-0.15, -0.1) is 6.58 Å². The lowest BCUT2D eigenvalue weighted by Gasteiger charge is -2.16. The maximum absolute atomic E-state index is 13.2. The first kappa shape index (κ1) is 27.8. The Hall–Kier alpha value is -4.24. The molecule has 0 spiro atoms. The molecule has 0 fully saturated rings. The number of hydrogen-bond acceptors (Lipinski definition) is 6. The molecule has 1 amide bonds. The van der Waals surface area contributed by atoms with Gasteiger partial charge in [0.05, 0.1) is 24.2 Å². The average molecular weight is 589 g/mol. The van der Waals surface area contributed by atoms with Crippen molar-refractivity contribution in [3.05, 3.63) is 105 Å². The van der Waals surface area contributed by atoms with Crippen LogP contribution in [0.5, 0.6) is 11.5 Å². The number of halogens is 1. The van der Waals surface area contributed by atoms with Crippen LogP contribution in [0.25, 0.3) is 10.9 Å². The van der Waals surface area contributed by atoms with Crippen LogP contribution in [0.15, 0.2) is 81.6 Å². The van der Waals surface area contributed by atoms with Crippen LogP contribution in [0.1, 0.15) is 29.4 Å².